The minimum atomic E-state index is -0.673. The minimum absolute atomic E-state index is 0.0852. The topological polar surface area (TPSA) is 64.4 Å². The molecule has 0 bridgehead atoms. The van der Waals surface area contributed by atoms with E-state index in [2.05, 4.69) is 21.2 Å². The second kappa shape index (κ2) is 5.62. The van der Waals surface area contributed by atoms with Crippen LogP contribution >= 0.6 is 15.9 Å². The molecule has 1 aliphatic rings. The zero-order valence-electron chi connectivity index (χ0n) is 9.49. The molecule has 0 amide bonds. The van der Waals surface area contributed by atoms with Crippen molar-refractivity contribution in [1.82, 2.24) is 5.32 Å². The Bertz CT molecular complexity index is 464. The molecule has 1 aromatic rings. The number of ether oxygens (including phenoxy) is 1. The van der Waals surface area contributed by atoms with Crippen LogP contribution in [0.5, 0.6) is 5.75 Å². The van der Waals surface area contributed by atoms with Gasteiger partial charge in [-0.15, -0.1) is 0 Å². The van der Waals surface area contributed by atoms with Gasteiger partial charge in [0, 0.05) is 12.1 Å². The lowest BCUT2D eigenvalue weighted by atomic mass is 10.2. The molecule has 1 aliphatic heterocycles. The van der Waals surface area contributed by atoms with Crippen molar-refractivity contribution in [2.45, 2.75) is 18.9 Å². The molecule has 7 heteroatoms. The molecule has 18 heavy (non-hydrogen) atoms. The Labute approximate surface area is 112 Å². The van der Waals surface area contributed by atoms with E-state index in [4.69, 9.17) is 4.74 Å². The lowest BCUT2D eigenvalue weighted by Gasteiger charge is -2.12. The van der Waals surface area contributed by atoms with Gasteiger partial charge in [-0.05, 0) is 35.3 Å². The lowest BCUT2D eigenvalue weighted by Crippen LogP contribution is -2.28. The summed E-state index contributed by atoms with van der Waals surface area (Å²) in [5.74, 6) is -0.588. The third-order valence-electron chi connectivity index (χ3n) is 2.80. The first kappa shape index (κ1) is 13.2. The number of hydrogen-bond acceptors (Lipinski definition) is 4. The summed E-state index contributed by atoms with van der Waals surface area (Å²) in [5.41, 5.74) is -0.353. The van der Waals surface area contributed by atoms with Gasteiger partial charge in [-0.1, -0.05) is 0 Å². The molecule has 1 saturated heterocycles. The third-order valence-corrected chi connectivity index (χ3v) is 3.41. The van der Waals surface area contributed by atoms with Crippen molar-refractivity contribution in [3.05, 3.63) is 32.5 Å². The molecule has 5 nitrogen and oxygen atoms in total. The van der Waals surface area contributed by atoms with Gasteiger partial charge < -0.3 is 10.1 Å². The molecular weight excluding hydrogens is 307 g/mol. The molecule has 1 fully saturated rings. The number of rotatable bonds is 4. The Morgan fingerprint density at radius 3 is 3.00 bits per heavy atom. The van der Waals surface area contributed by atoms with Crippen LogP contribution in [-0.4, -0.2) is 24.1 Å². The maximum atomic E-state index is 13.2. The largest absolute Gasteiger partial charge is 0.485 e. The van der Waals surface area contributed by atoms with Gasteiger partial charge in [-0.25, -0.2) is 4.39 Å². The number of hydrogen-bond donors (Lipinski definition) is 1. The van der Waals surface area contributed by atoms with Crippen molar-refractivity contribution < 1.29 is 14.1 Å². The normalized spacial score (nSPS) is 18.9. The summed E-state index contributed by atoms with van der Waals surface area (Å²) in [6.07, 6.45) is 2.05. The highest BCUT2D eigenvalue weighted by Gasteiger charge is 2.21. The highest BCUT2D eigenvalue weighted by atomic mass is 79.9. The fraction of sp³-hybridized carbons (Fsp3) is 0.455. The van der Waals surface area contributed by atoms with Crippen LogP contribution in [-0.2, 0) is 0 Å². The maximum Gasteiger partial charge on any atom is 0.313 e. The molecule has 1 N–H and O–H groups in total. The van der Waals surface area contributed by atoms with Crippen LogP contribution in [0.3, 0.4) is 0 Å². The van der Waals surface area contributed by atoms with Gasteiger partial charge in [-0.2, -0.15) is 0 Å². The summed E-state index contributed by atoms with van der Waals surface area (Å²) in [6.45, 7) is 1.28. The van der Waals surface area contributed by atoms with Crippen molar-refractivity contribution in [3.63, 3.8) is 0 Å². The minimum Gasteiger partial charge on any atom is -0.485 e. The van der Waals surface area contributed by atoms with Crippen molar-refractivity contribution in [1.29, 1.82) is 0 Å². The predicted octanol–water partition coefficient (Wildman–Crippen LogP) is 2.63. The highest BCUT2D eigenvalue weighted by molar-refractivity contribution is 9.10. The first-order valence-corrected chi connectivity index (χ1v) is 6.37. The monoisotopic (exact) mass is 318 g/mol. The predicted molar refractivity (Wildman–Crippen MR) is 67.3 cm³/mol. The van der Waals surface area contributed by atoms with E-state index in [0.717, 1.165) is 25.5 Å². The van der Waals surface area contributed by atoms with Crippen molar-refractivity contribution in [2.24, 2.45) is 0 Å². The Balaban J connectivity index is 2.14. The molecule has 1 unspecified atom stereocenters. The molecule has 2 rings (SSSR count). The molecule has 1 aromatic carbocycles. The lowest BCUT2D eigenvalue weighted by molar-refractivity contribution is -0.386. The standard InChI is InChI=1S/C11H12BrFN2O3/c12-8-4-11(10(15(16)17)5-9(8)13)18-6-7-2-1-3-14-7/h4-5,7,14H,1-3,6H2. The number of nitrogens with one attached hydrogen (secondary N) is 1. The van der Waals surface area contributed by atoms with E-state index in [-0.39, 0.29) is 22.0 Å². The summed E-state index contributed by atoms with van der Waals surface area (Å²) in [6, 6.07) is 2.36. The molecule has 0 aliphatic carbocycles. The smallest absolute Gasteiger partial charge is 0.313 e. The SMILES string of the molecule is O=[N+]([O-])c1cc(F)c(Br)cc1OCC1CCCN1. The molecule has 0 aromatic heterocycles. The van der Waals surface area contributed by atoms with E-state index in [1.807, 2.05) is 0 Å². The highest BCUT2D eigenvalue weighted by Crippen LogP contribution is 2.32. The number of nitrogens with zero attached hydrogens (tertiary/aromatic N) is 1. The van der Waals surface area contributed by atoms with Gasteiger partial charge >= 0.3 is 5.69 Å². The Hall–Kier alpha value is -1.21. The van der Waals surface area contributed by atoms with E-state index in [0.29, 0.717) is 6.61 Å². The van der Waals surface area contributed by atoms with E-state index in [1.54, 1.807) is 0 Å². The van der Waals surface area contributed by atoms with Gasteiger partial charge in [0.2, 0.25) is 0 Å². The quantitative estimate of drug-likeness (QED) is 0.684. The fourth-order valence-electron chi connectivity index (χ4n) is 1.87. The average molecular weight is 319 g/mol. The third kappa shape index (κ3) is 2.97. The molecule has 0 spiro atoms. The number of nitro groups is 1. The van der Waals surface area contributed by atoms with Crippen LogP contribution < -0.4 is 10.1 Å². The summed E-state index contributed by atoms with van der Waals surface area (Å²) in [4.78, 5) is 10.2. The fourth-order valence-corrected chi connectivity index (χ4v) is 2.19. The van der Waals surface area contributed by atoms with Crippen LogP contribution in [0.25, 0.3) is 0 Å². The Morgan fingerprint density at radius 1 is 1.61 bits per heavy atom. The summed E-state index contributed by atoms with van der Waals surface area (Å²) >= 11 is 2.99. The van der Waals surface area contributed by atoms with E-state index in [9.17, 15) is 14.5 Å². The van der Waals surface area contributed by atoms with Crippen LogP contribution in [0.1, 0.15) is 12.8 Å². The van der Waals surface area contributed by atoms with Gasteiger partial charge in [0.05, 0.1) is 15.5 Å². The van der Waals surface area contributed by atoms with Gasteiger partial charge in [0.25, 0.3) is 0 Å². The Kier molecular flexibility index (Phi) is 4.13. The summed E-state index contributed by atoms with van der Waals surface area (Å²) < 4.78 is 18.8. The zero-order valence-corrected chi connectivity index (χ0v) is 11.1. The second-order valence-corrected chi connectivity index (χ2v) is 4.95. The van der Waals surface area contributed by atoms with Crippen LogP contribution in [0.15, 0.2) is 16.6 Å². The number of halogens is 2. The van der Waals surface area contributed by atoms with E-state index < -0.39 is 10.7 Å². The number of nitro benzene ring substituents is 1. The van der Waals surface area contributed by atoms with E-state index >= 15 is 0 Å². The summed E-state index contributed by atoms with van der Waals surface area (Å²) in [7, 11) is 0. The molecule has 0 radical (unpaired) electrons. The first-order valence-electron chi connectivity index (χ1n) is 5.57. The maximum absolute atomic E-state index is 13.2. The van der Waals surface area contributed by atoms with Gasteiger partial charge in [-0.3, -0.25) is 10.1 Å². The Morgan fingerprint density at radius 2 is 2.39 bits per heavy atom. The van der Waals surface area contributed by atoms with Crippen LogP contribution in [0, 0.1) is 15.9 Å². The number of benzene rings is 1. The summed E-state index contributed by atoms with van der Waals surface area (Å²) in [5, 5.41) is 14.0. The van der Waals surface area contributed by atoms with E-state index in [1.165, 1.54) is 6.07 Å². The average Bonchev–Trinajstić information content (AvgIpc) is 2.83. The van der Waals surface area contributed by atoms with Gasteiger partial charge in [0.15, 0.2) is 5.75 Å². The first-order chi connectivity index (χ1) is 8.58. The van der Waals surface area contributed by atoms with Crippen LogP contribution in [0.2, 0.25) is 0 Å². The molecule has 1 heterocycles. The second-order valence-electron chi connectivity index (χ2n) is 4.10. The van der Waals surface area contributed by atoms with Crippen LogP contribution in [0.4, 0.5) is 10.1 Å². The van der Waals surface area contributed by atoms with Crippen molar-refractivity contribution >= 4 is 21.6 Å². The molecule has 0 saturated carbocycles. The zero-order chi connectivity index (χ0) is 13.1. The molecular formula is C11H12BrFN2O3. The molecule has 1 atom stereocenters. The molecule has 98 valence electrons. The van der Waals surface area contributed by atoms with Crippen molar-refractivity contribution in [2.75, 3.05) is 13.2 Å². The van der Waals surface area contributed by atoms with Gasteiger partial charge in [0.1, 0.15) is 12.4 Å². The van der Waals surface area contributed by atoms with Crippen molar-refractivity contribution in [3.8, 4) is 5.75 Å².